The van der Waals surface area contributed by atoms with Gasteiger partial charge in [0, 0.05) is 17.7 Å². The highest BCUT2D eigenvalue weighted by Crippen LogP contribution is 2.45. The number of rotatable bonds is 3. The molecule has 2 aromatic rings. The molecule has 3 N–H and O–H groups in total. The fourth-order valence-electron chi connectivity index (χ4n) is 4.32. The van der Waals surface area contributed by atoms with E-state index in [0.717, 1.165) is 28.9 Å². The Kier molecular flexibility index (Phi) is 3.47. The summed E-state index contributed by atoms with van der Waals surface area (Å²) in [4.78, 5) is 8.87. The van der Waals surface area contributed by atoms with Crippen LogP contribution in [0.25, 0.3) is 11.3 Å². The molecule has 1 aromatic heterocycles. The lowest BCUT2D eigenvalue weighted by Crippen LogP contribution is -2.26. The molecule has 2 saturated carbocycles. The highest BCUT2D eigenvalue weighted by atomic mass is 15.1. The van der Waals surface area contributed by atoms with Gasteiger partial charge in [-0.3, -0.25) is 0 Å². The smallest absolute Gasteiger partial charge is 0.222 e. The van der Waals surface area contributed by atoms with Gasteiger partial charge in [0.25, 0.3) is 0 Å². The molecule has 3 unspecified atom stereocenters. The number of hydrogen-bond donors (Lipinski definition) is 2. The predicted octanol–water partition coefficient (Wildman–Crippen LogP) is 3.94. The molecule has 0 amide bonds. The van der Waals surface area contributed by atoms with Gasteiger partial charge in [-0.25, -0.2) is 4.98 Å². The van der Waals surface area contributed by atoms with E-state index in [-0.39, 0.29) is 0 Å². The maximum atomic E-state index is 5.97. The van der Waals surface area contributed by atoms with Crippen molar-refractivity contribution in [2.24, 2.45) is 11.8 Å². The Hall–Kier alpha value is -2.10. The third-order valence-electron chi connectivity index (χ3n) is 5.70. The zero-order chi connectivity index (χ0) is 16.0. The van der Waals surface area contributed by atoms with Crippen molar-refractivity contribution in [1.29, 1.82) is 0 Å². The molecule has 2 aliphatic rings. The van der Waals surface area contributed by atoms with E-state index in [4.69, 9.17) is 5.73 Å². The number of nitrogens with two attached hydrogens (primary N) is 1. The van der Waals surface area contributed by atoms with Gasteiger partial charge in [0.1, 0.15) is 5.82 Å². The molecule has 1 aromatic carbocycles. The quantitative estimate of drug-likeness (QED) is 0.901. The standard InChI is InChI=1S/C19H24N4/c1-11-4-3-5-15(12(11)2)17-10-18(23-19(20)22-17)21-16-9-13-6-7-14(16)8-13/h3-5,10,13-14,16H,6-9H2,1-2H3,(H3,20,21,22,23). The molecule has 3 atom stereocenters. The van der Waals surface area contributed by atoms with Crippen LogP contribution in [0.5, 0.6) is 0 Å². The minimum absolute atomic E-state index is 0.342. The summed E-state index contributed by atoms with van der Waals surface area (Å²) >= 11 is 0. The summed E-state index contributed by atoms with van der Waals surface area (Å²) in [6.45, 7) is 4.25. The zero-order valence-corrected chi connectivity index (χ0v) is 13.8. The van der Waals surface area contributed by atoms with Crippen LogP contribution in [0.15, 0.2) is 24.3 Å². The maximum Gasteiger partial charge on any atom is 0.222 e. The monoisotopic (exact) mass is 308 g/mol. The van der Waals surface area contributed by atoms with E-state index in [1.165, 1.54) is 36.8 Å². The second-order valence-electron chi connectivity index (χ2n) is 7.17. The van der Waals surface area contributed by atoms with Crippen LogP contribution in [0, 0.1) is 25.7 Å². The van der Waals surface area contributed by atoms with Crippen molar-refractivity contribution in [1.82, 2.24) is 9.97 Å². The van der Waals surface area contributed by atoms with E-state index in [1.54, 1.807) is 0 Å². The van der Waals surface area contributed by atoms with E-state index in [9.17, 15) is 0 Å². The van der Waals surface area contributed by atoms with Crippen molar-refractivity contribution >= 4 is 11.8 Å². The number of aromatic nitrogens is 2. The van der Waals surface area contributed by atoms with E-state index >= 15 is 0 Å². The molecule has 4 heteroatoms. The average Bonchev–Trinajstić information content (AvgIpc) is 3.12. The van der Waals surface area contributed by atoms with Crippen molar-refractivity contribution in [2.75, 3.05) is 11.1 Å². The number of nitrogens with zero attached hydrogens (tertiary/aromatic N) is 2. The van der Waals surface area contributed by atoms with Crippen molar-refractivity contribution < 1.29 is 0 Å². The summed E-state index contributed by atoms with van der Waals surface area (Å²) in [6.07, 6.45) is 5.41. The lowest BCUT2D eigenvalue weighted by atomic mass is 9.95. The van der Waals surface area contributed by atoms with Gasteiger partial charge in [-0.2, -0.15) is 4.98 Å². The Balaban J connectivity index is 1.64. The van der Waals surface area contributed by atoms with Crippen LogP contribution in [0.2, 0.25) is 0 Å². The molecule has 120 valence electrons. The van der Waals surface area contributed by atoms with Crippen LogP contribution in [0.3, 0.4) is 0 Å². The molecule has 4 rings (SSSR count). The van der Waals surface area contributed by atoms with Crippen LogP contribution < -0.4 is 11.1 Å². The average molecular weight is 308 g/mol. The summed E-state index contributed by atoms with van der Waals surface area (Å²) in [5, 5.41) is 3.63. The zero-order valence-electron chi connectivity index (χ0n) is 13.8. The van der Waals surface area contributed by atoms with Gasteiger partial charge in [0.15, 0.2) is 0 Å². The van der Waals surface area contributed by atoms with Crippen LogP contribution in [-0.2, 0) is 0 Å². The van der Waals surface area contributed by atoms with Crippen molar-refractivity contribution in [3.63, 3.8) is 0 Å². The number of fused-ring (bicyclic) bond motifs is 2. The number of benzene rings is 1. The Morgan fingerprint density at radius 2 is 2.00 bits per heavy atom. The molecule has 0 spiro atoms. The van der Waals surface area contributed by atoms with Gasteiger partial charge >= 0.3 is 0 Å². The summed E-state index contributed by atoms with van der Waals surface area (Å²) < 4.78 is 0. The molecular formula is C19H24N4. The molecule has 2 aliphatic carbocycles. The fourth-order valence-corrected chi connectivity index (χ4v) is 4.32. The Morgan fingerprint density at radius 1 is 1.13 bits per heavy atom. The number of aryl methyl sites for hydroxylation is 1. The Labute approximate surface area is 137 Å². The number of nitrogen functional groups attached to an aromatic ring is 1. The summed E-state index contributed by atoms with van der Waals surface area (Å²) in [5.74, 6) is 2.93. The van der Waals surface area contributed by atoms with Gasteiger partial charge < -0.3 is 11.1 Å². The van der Waals surface area contributed by atoms with E-state index in [0.29, 0.717) is 12.0 Å². The first-order chi connectivity index (χ1) is 11.1. The maximum absolute atomic E-state index is 5.97. The highest BCUT2D eigenvalue weighted by Gasteiger charge is 2.39. The SMILES string of the molecule is Cc1cccc(-c2cc(NC3CC4CCC3C4)nc(N)n2)c1C. The third kappa shape index (κ3) is 2.67. The third-order valence-corrected chi connectivity index (χ3v) is 5.70. The van der Waals surface area contributed by atoms with Gasteiger partial charge in [-0.1, -0.05) is 24.6 Å². The first-order valence-electron chi connectivity index (χ1n) is 8.58. The molecule has 23 heavy (non-hydrogen) atoms. The first-order valence-corrected chi connectivity index (χ1v) is 8.58. The largest absolute Gasteiger partial charge is 0.368 e. The second-order valence-corrected chi connectivity index (χ2v) is 7.17. The van der Waals surface area contributed by atoms with E-state index in [1.807, 2.05) is 6.07 Å². The Bertz CT molecular complexity index is 740. The van der Waals surface area contributed by atoms with E-state index < -0.39 is 0 Å². The van der Waals surface area contributed by atoms with Crippen molar-refractivity contribution in [3.8, 4) is 11.3 Å². The molecule has 1 heterocycles. The molecule has 2 fully saturated rings. The van der Waals surface area contributed by atoms with Crippen molar-refractivity contribution in [2.45, 2.75) is 45.6 Å². The van der Waals surface area contributed by atoms with Crippen LogP contribution in [0.1, 0.15) is 36.8 Å². The van der Waals surface area contributed by atoms with Crippen molar-refractivity contribution in [3.05, 3.63) is 35.4 Å². The molecular weight excluding hydrogens is 284 g/mol. The lowest BCUT2D eigenvalue weighted by molar-refractivity contribution is 0.439. The Morgan fingerprint density at radius 3 is 2.74 bits per heavy atom. The number of hydrogen-bond acceptors (Lipinski definition) is 4. The van der Waals surface area contributed by atoms with Crippen LogP contribution >= 0.6 is 0 Å². The molecule has 4 nitrogen and oxygen atoms in total. The van der Waals surface area contributed by atoms with Crippen LogP contribution in [-0.4, -0.2) is 16.0 Å². The highest BCUT2D eigenvalue weighted by molar-refractivity contribution is 5.68. The molecule has 0 radical (unpaired) electrons. The van der Waals surface area contributed by atoms with Gasteiger partial charge in [-0.15, -0.1) is 0 Å². The summed E-state index contributed by atoms with van der Waals surface area (Å²) in [6, 6.07) is 8.89. The number of anilines is 2. The van der Waals surface area contributed by atoms with Crippen LogP contribution in [0.4, 0.5) is 11.8 Å². The molecule has 2 bridgehead atoms. The summed E-state index contributed by atoms with van der Waals surface area (Å²) in [7, 11) is 0. The first kappa shape index (κ1) is 14.5. The van der Waals surface area contributed by atoms with Gasteiger partial charge in [-0.05, 0) is 56.1 Å². The lowest BCUT2D eigenvalue weighted by Gasteiger charge is -2.23. The minimum atomic E-state index is 0.342. The normalized spacial score (nSPS) is 25.7. The minimum Gasteiger partial charge on any atom is -0.368 e. The molecule has 0 aliphatic heterocycles. The molecule has 0 saturated heterocycles. The second kappa shape index (κ2) is 5.52. The summed E-state index contributed by atoms with van der Waals surface area (Å²) in [5.41, 5.74) is 10.5. The predicted molar refractivity (Wildman–Crippen MR) is 94.2 cm³/mol. The fraction of sp³-hybridized carbons (Fsp3) is 0.474. The van der Waals surface area contributed by atoms with Gasteiger partial charge in [0.05, 0.1) is 5.69 Å². The number of nitrogens with one attached hydrogen (secondary N) is 1. The van der Waals surface area contributed by atoms with Gasteiger partial charge in [0.2, 0.25) is 5.95 Å². The topological polar surface area (TPSA) is 63.8 Å². The van der Waals surface area contributed by atoms with E-state index in [2.05, 4.69) is 47.3 Å².